The molecule has 4 aromatic rings. The molecule has 0 spiro atoms. The maximum atomic E-state index is 4.49. The molecule has 2 heterocycles. The molecule has 2 aromatic carbocycles. The number of rotatable bonds is 2. The van der Waals surface area contributed by atoms with Crippen LogP contribution in [0.15, 0.2) is 85.2 Å². The van der Waals surface area contributed by atoms with Crippen molar-refractivity contribution in [3.8, 4) is 16.9 Å². The van der Waals surface area contributed by atoms with E-state index in [1.54, 1.807) is 0 Å². The fraction of sp³-hybridized carbons (Fsp3) is 0. The Labute approximate surface area is 123 Å². The maximum Gasteiger partial charge on any atom is 0.0723 e. The third-order valence-electron chi connectivity index (χ3n) is 3.69. The maximum absolute atomic E-state index is 4.49. The predicted octanol–water partition coefficient (Wildman–Crippen LogP) is 4.69. The van der Waals surface area contributed by atoms with Crippen molar-refractivity contribution in [2.45, 2.75) is 0 Å². The molecular weight excluding hydrogens is 256 g/mol. The van der Waals surface area contributed by atoms with Crippen LogP contribution in [-0.4, -0.2) is 9.55 Å². The molecule has 100 valence electrons. The largest absolute Gasteiger partial charge is 0.316 e. The summed E-state index contributed by atoms with van der Waals surface area (Å²) in [6, 6.07) is 24.9. The molecule has 21 heavy (non-hydrogen) atoms. The number of para-hydroxylation sites is 2. The average molecular weight is 270 g/mol. The molecule has 0 saturated heterocycles. The van der Waals surface area contributed by atoms with Crippen LogP contribution in [-0.2, 0) is 0 Å². The van der Waals surface area contributed by atoms with Gasteiger partial charge < -0.3 is 4.57 Å². The molecule has 0 amide bonds. The van der Waals surface area contributed by atoms with Crippen molar-refractivity contribution in [1.29, 1.82) is 0 Å². The molecule has 0 unspecified atom stereocenters. The van der Waals surface area contributed by atoms with Crippen molar-refractivity contribution in [1.82, 2.24) is 9.55 Å². The van der Waals surface area contributed by atoms with E-state index in [0.29, 0.717) is 0 Å². The van der Waals surface area contributed by atoms with Crippen LogP contribution in [0, 0.1) is 0 Å². The molecule has 0 fully saturated rings. The van der Waals surface area contributed by atoms with Gasteiger partial charge in [-0.05, 0) is 30.3 Å². The summed E-state index contributed by atoms with van der Waals surface area (Å²) in [5, 5.41) is 1.22. The molecule has 0 radical (unpaired) electrons. The molecule has 0 aliphatic heterocycles. The number of hydrogen-bond acceptors (Lipinski definition) is 1. The van der Waals surface area contributed by atoms with E-state index in [2.05, 4.69) is 70.3 Å². The lowest BCUT2D eigenvalue weighted by Crippen LogP contribution is -1.90. The predicted molar refractivity (Wildman–Crippen MR) is 86.5 cm³/mol. The van der Waals surface area contributed by atoms with Crippen molar-refractivity contribution in [2.24, 2.45) is 0 Å². The highest BCUT2D eigenvalue weighted by atomic mass is 15.0. The quantitative estimate of drug-likeness (QED) is 0.516. The number of hydrogen-bond donors (Lipinski definition) is 0. The molecule has 4 rings (SSSR count). The highest BCUT2D eigenvalue weighted by Crippen LogP contribution is 2.31. The monoisotopic (exact) mass is 270 g/mol. The lowest BCUT2D eigenvalue weighted by molar-refractivity contribution is 1.13. The second-order valence-corrected chi connectivity index (χ2v) is 4.98. The standard InChI is InChI=1S/C19H14N2/c1-2-8-15(9-3-1)21-14-17(18-11-6-7-13-20-18)16-10-4-5-12-19(16)21/h1-14H. The van der Waals surface area contributed by atoms with E-state index in [-0.39, 0.29) is 0 Å². The van der Waals surface area contributed by atoms with Gasteiger partial charge in [0.15, 0.2) is 0 Å². The van der Waals surface area contributed by atoms with E-state index in [1.165, 1.54) is 10.9 Å². The van der Waals surface area contributed by atoms with Crippen molar-refractivity contribution >= 4 is 10.9 Å². The van der Waals surface area contributed by atoms with E-state index < -0.39 is 0 Å². The van der Waals surface area contributed by atoms with E-state index in [9.17, 15) is 0 Å². The second kappa shape index (κ2) is 4.91. The first-order chi connectivity index (χ1) is 10.4. The van der Waals surface area contributed by atoms with E-state index >= 15 is 0 Å². The average Bonchev–Trinajstić information content (AvgIpc) is 2.96. The van der Waals surface area contributed by atoms with Crippen LogP contribution >= 0.6 is 0 Å². The lowest BCUT2D eigenvalue weighted by atomic mass is 10.1. The van der Waals surface area contributed by atoms with E-state index in [0.717, 1.165) is 16.9 Å². The number of benzene rings is 2. The van der Waals surface area contributed by atoms with E-state index in [4.69, 9.17) is 0 Å². The number of pyridine rings is 1. The van der Waals surface area contributed by atoms with Gasteiger partial charge in [-0.25, -0.2) is 0 Å². The Balaban J connectivity index is 2.02. The summed E-state index contributed by atoms with van der Waals surface area (Å²) in [6.07, 6.45) is 4.01. The third-order valence-corrected chi connectivity index (χ3v) is 3.69. The van der Waals surface area contributed by atoms with Gasteiger partial charge in [0.05, 0.1) is 11.2 Å². The fourth-order valence-corrected chi connectivity index (χ4v) is 2.71. The molecule has 0 N–H and O–H groups in total. The molecule has 0 saturated carbocycles. The van der Waals surface area contributed by atoms with Crippen molar-refractivity contribution in [3.63, 3.8) is 0 Å². The Morgan fingerprint density at radius 2 is 1.48 bits per heavy atom. The van der Waals surface area contributed by atoms with Gasteiger partial charge in [-0.1, -0.05) is 42.5 Å². The summed E-state index contributed by atoms with van der Waals surface area (Å²) >= 11 is 0. The minimum absolute atomic E-state index is 1.00. The molecule has 2 aromatic heterocycles. The lowest BCUT2D eigenvalue weighted by Gasteiger charge is -2.04. The Bertz CT molecular complexity index is 804. The summed E-state index contributed by atoms with van der Waals surface area (Å²) in [6.45, 7) is 0. The van der Waals surface area contributed by atoms with Crippen LogP contribution in [0.2, 0.25) is 0 Å². The van der Waals surface area contributed by atoms with Crippen LogP contribution in [0.1, 0.15) is 0 Å². The zero-order valence-electron chi connectivity index (χ0n) is 11.5. The van der Waals surface area contributed by atoms with Gasteiger partial charge in [0.25, 0.3) is 0 Å². The van der Waals surface area contributed by atoms with E-state index in [1.807, 2.05) is 24.4 Å². The van der Waals surface area contributed by atoms with Gasteiger partial charge >= 0.3 is 0 Å². The zero-order chi connectivity index (χ0) is 14.1. The van der Waals surface area contributed by atoms with Gasteiger partial charge in [-0.2, -0.15) is 0 Å². The molecule has 2 nitrogen and oxygen atoms in total. The molecule has 0 aliphatic carbocycles. The topological polar surface area (TPSA) is 17.8 Å². The van der Waals surface area contributed by atoms with Gasteiger partial charge in [0.2, 0.25) is 0 Å². The Morgan fingerprint density at radius 3 is 2.29 bits per heavy atom. The molecule has 0 aliphatic rings. The van der Waals surface area contributed by atoms with Gasteiger partial charge in [0.1, 0.15) is 0 Å². The van der Waals surface area contributed by atoms with Crippen molar-refractivity contribution in [2.75, 3.05) is 0 Å². The highest BCUT2D eigenvalue weighted by molar-refractivity contribution is 5.96. The first kappa shape index (κ1) is 11.9. The summed E-state index contributed by atoms with van der Waals surface area (Å²) < 4.78 is 2.22. The SMILES string of the molecule is c1ccc(-n2cc(-c3ccccn3)c3ccccc32)cc1. The molecule has 0 atom stereocenters. The number of nitrogens with zero attached hydrogens (tertiary/aromatic N) is 2. The summed E-state index contributed by atoms with van der Waals surface area (Å²) in [5.41, 5.74) is 4.53. The summed E-state index contributed by atoms with van der Waals surface area (Å²) in [4.78, 5) is 4.49. The van der Waals surface area contributed by atoms with Crippen LogP contribution in [0.25, 0.3) is 27.8 Å². The van der Waals surface area contributed by atoms with Crippen LogP contribution in [0.3, 0.4) is 0 Å². The Hall–Kier alpha value is -2.87. The van der Waals surface area contributed by atoms with Gasteiger partial charge in [0, 0.05) is 29.0 Å². The van der Waals surface area contributed by atoms with Crippen LogP contribution in [0.5, 0.6) is 0 Å². The summed E-state index contributed by atoms with van der Waals surface area (Å²) in [7, 11) is 0. The second-order valence-electron chi connectivity index (χ2n) is 4.98. The smallest absolute Gasteiger partial charge is 0.0723 e. The molecule has 2 heteroatoms. The third kappa shape index (κ3) is 2.01. The summed E-state index contributed by atoms with van der Waals surface area (Å²) in [5.74, 6) is 0. The fourth-order valence-electron chi connectivity index (χ4n) is 2.71. The number of aromatic nitrogens is 2. The van der Waals surface area contributed by atoms with Gasteiger partial charge in [-0.15, -0.1) is 0 Å². The normalized spacial score (nSPS) is 10.9. The van der Waals surface area contributed by atoms with Crippen LogP contribution < -0.4 is 0 Å². The van der Waals surface area contributed by atoms with Crippen LogP contribution in [0.4, 0.5) is 0 Å². The number of fused-ring (bicyclic) bond motifs is 1. The van der Waals surface area contributed by atoms with Crippen molar-refractivity contribution in [3.05, 3.63) is 85.2 Å². The van der Waals surface area contributed by atoms with Gasteiger partial charge in [-0.3, -0.25) is 4.98 Å². The van der Waals surface area contributed by atoms with Crippen molar-refractivity contribution < 1.29 is 0 Å². The highest BCUT2D eigenvalue weighted by Gasteiger charge is 2.11. The minimum Gasteiger partial charge on any atom is -0.316 e. The first-order valence-corrected chi connectivity index (χ1v) is 7.00. The molecular formula is C19H14N2. The minimum atomic E-state index is 1.00. The Kier molecular flexibility index (Phi) is 2.79. The molecule has 0 bridgehead atoms. The zero-order valence-corrected chi connectivity index (χ0v) is 11.5. The Morgan fingerprint density at radius 1 is 0.714 bits per heavy atom. The first-order valence-electron chi connectivity index (χ1n) is 7.00.